The normalized spacial score (nSPS) is 18.2. The first-order valence-corrected chi connectivity index (χ1v) is 6.88. The zero-order valence-electron chi connectivity index (χ0n) is 11.0. The quantitative estimate of drug-likeness (QED) is 0.606. The van der Waals surface area contributed by atoms with E-state index in [1.54, 1.807) is 0 Å². The van der Waals surface area contributed by atoms with Crippen LogP contribution in [0.2, 0.25) is 5.02 Å². The second-order valence-electron chi connectivity index (χ2n) is 4.72. The van der Waals surface area contributed by atoms with E-state index in [-0.39, 0.29) is 17.3 Å². The van der Waals surface area contributed by atoms with Crippen LogP contribution >= 0.6 is 11.6 Å². The third kappa shape index (κ3) is 3.56. The van der Waals surface area contributed by atoms with Crippen LogP contribution in [0.1, 0.15) is 12.8 Å². The monoisotopic (exact) mass is 300 g/mol. The lowest BCUT2D eigenvalue weighted by atomic mass is 10.2. The zero-order chi connectivity index (χ0) is 14.5. The Morgan fingerprint density at radius 3 is 3.00 bits per heavy atom. The van der Waals surface area contributed by atoms with Crippen molar-refractivity contribution in [3.8, 4) is 0 Å². The van der Waals surface area contributed by atoms with Crippen molar-refractivity contribution < 1.29 is 10.0 Å². The van der Waals surface area contributed by atoms with Crippen LogP contribution in [-0.2, 0) is 0 Å². The fourth-order valence-corrected chi connectivity index (χ4v) is 2.62. The predicted molar refractivity (Wildman–Crippen MR) is 76.2 cm³/mol. The van der Waals surface area contributed by atoms with E-state index in [9.17, 15) is 10.1 Å². The van der Waals surface area contributed by atoms with Gasteiger partial charge in [0, 0.05) is 25.2 Å². The highest BCUT2D eigenvalue weighted by Gasteiger charge is 2.21. The maximum absolute atomic E-state index is 10.7. The Balaban J connectivity index is 2.17. The third-order valence-corrected chi connectivity index (χ3v) is 3.57. The van der Waals surface area contributed by atoms with Crippen LogP contribution in [0.5, 0.6) is 0 Å². The van der Waals surface area contributed by atoms with Crippen molar-refractivity contribution in [2.75, 3.05) is 31.1 Å². The lowest BCUT2D eigenvalue weighted by Crippen LogP contribution is -2.39. The van der Waals surface area contributed by atoms with E-state index in [4.69, 9.17) is 16.7 Å². The summed E-state index contributed by atoms with van der Waals surface area (Å²) in [6, 6.07) is 1.62. The van der Waals surface area contributed by atoms with E-state index in [1.165, 1.54) is 12.3 Å². The molecule has 20 heavy (non-hydrogen) atoms. The molecule has 0 amide bonds. The van der Waals surface area contributed by atoms with Gasteiger partial charge in [-0.1, -0.05) is 11.6 Å². The van der Waals surface area contributed by atoms with E-state index >= 15 is 0 Å². The highest BCUT2D eigenvalue weighted by atomic mass is 35.5. The number of pyridine rings is 1. The number of nitrogens with one attached hydrogen (secondary N) is 1. The Hall–Kier alpha value is -1.44. The minimum absolute atomic E-state index is 0.0261. The fourth-order valence-electron chi connectivity index (χ4n) is 2.34. The summed E-state index contributed by atoms with van der Waals surface area (Å²) in [5.41, 5.74) is -0.137. The van der Waals surface area contributed by atoms with Gasteiger partial charge in [-0.2, -0.15) is 0 Å². The predicted octanol–water partition coefficient (Wildman–Crippen LogP) is 1.19. The standard InChI is InChI=1S/C12H17ClN4O3/c13-11-6-10(17(19)20)7-15-12(11)16(4-5-18)8-9-2-1-3-14-9/h6-7,9,14,18H,1-5,8H2. The second kappa shape index (κ2) is 6.83. The van der Waals surface area contributed by atoms with Gasteiger partial charge in [-0.15, -0.1) is 0 Å². The number of anilines is 1. The molecule has 0 aliphatic carbocycles. The Morgan fingerprint density at radius 2 is 2.45 bits per heavy atom. The fraction of sp³-hybridized carbons (Fsp3) is 0.583. The smallest absolute Gasteiger partial charge is 0.289 e. The molecule has 110 valence electrons. The Kier molecular flexibility index (Phi) is 5.11. The summed E-state index contributed by atoms with van der Waals surface area (Å²) in [5, 5.41) is 23.4. The molecule has 0 saturated carbocycles. The molecule has 1 saturated heterocycles. The molecule has 0 radical (unpaired) electrons. The number of hydrogen-bond donors (Lipinski definition) is 2. The molecule has 1 unspecified atom stereocenters. The van der Waals surface area contributed by atoms with Crippen molar-refractivity contribution in [3.05, 3.63) is 27.4 Å². The zero-order valence-corrected chi connectivity index (χ0v) is 11.7. The molecule has 2 rings (SSSR count). The van der Waals surface area contributed by atoms with Gasteiger partial charge in [0.25, 0.3) is 5.69 Å². The van der Waals surface area contributed by atoms with Gasteiger partial charge in [-0.05, 0) is 19.4 Å². The molecule has 2 N–H and O–H groups in total. The molecule has 7 nitrogen and oxygen atoms in total. The lowest BCUT2D eigenvalue weighted by molar-refractivity contribution is -0.385. The number of hydrogen-bond acceptors (Lipinski definition) is 6. The summed E-state index contributed by atoms with van der Waals surface area (Å²) < 4.78 is 0. The number of rotatable bonds is 6. The van der Waals surface area contributed by atoms with Crippen molar-refractivity contribution >= 4 is 23.1 Å². The highest BCUT2D eigenvalue weighted by Crippen LogP contribution is 2.27. The van der Waals surface area contributed by atoms with Crippen molar-refractivity contribution in [2.45, 2.75) is 18.9 Å². The molecule has 1 aromatic heterocycles. The van der Waals surface area contributed by atoms with Gasteiger partial charge in [-0.3, -0.25) is 10.1 Å². The van der Waals surface area contributed by atoms with Crippen LogP contribution in [0.15, 0.2) is 12.3 Å². The SMILES string of the molecule is O=[N+]([O-])c1cnc(N(CCO)CC2CCCN2)c(Cl)c1. The van der Waals surface area contributed by atoms with Crippen LogP contribution in [0.3, 0.4) is 0 Å². The minimum Gasteiger partial charge on any atom is -0.395 e. The first-order chi connectivity index (χ1) is 9.61. The van der Waals surface area contributed by atoms with Gasteiger partial charge >= 0.3 is 0 Å². The maximum Gasteiger partial charge on any atom is 0.289 e. The molecule has 1 aliphatic rings. The number of nitrogens with zero attached hydrogens (tertiary/aromatic N) is 3. The third-order valence-electron chi connectivity index (χ3n) is 3.29. The lowest BCUT2D eigenvalue weighted by Gasteiger charge is -2.26. The number of halogens is 1. The molecule has 2 heterocycles. The van der Waals surface area contributed by atoms with Gasteiger partial charge in [-0.25, -0.2) is 4.98 Å². The summed E-state index contributed by atoms with van der Waals surface area (Å²) in [4.78, 5) is 16.1. The molecule has 0 aromatic carbocycles. The number of aliphatic hydroxyl groups excluding tert-OH is 1. The van der Waals surface area contributed by atoms with Gasteiger partial charge in [0.15, 0.2) is 0 Å². The molecule has 1 atom stereocenters. The minimum atomic E-state index is -0.530. The molecular weight excluding hydrogens is 284 g/mol. The van der Waals surface area contributed by atoms with Crippen molar-refractivity contribution in [3.63, 3.8) is 0 Å². The number of aromatic nitrogens is 1. The number of nitro groups is 1. The number of aliphatic hydroxyl groups is 1. The average Bonchev–Trinajstić information content (AvgIpc) is 2.91. The summed E-state index contributed by atoms with van der Waals surface area (Å²) >= 11 is 6.08. The molecule has 1 aliphatic heterocycles. The Morgan fingerprint density at radius 1 is 1.65 bits per heavy atom. The van der Waals surface area contributed by atoms with Gasteiger partial charge in [0.05, 0.1) is 16.6 Å². The van der Waals surface area contributed by atoms with E-state index in [0.29, 0.717) is 24.9 Å². The van der Waals surface area contributed by atoms with Crippen LogP contribution in [-0.4, -0.2) is 47.3 Å². The molecule has 1 fully saturated rings. The van der Waals surface area contributed by atoms with Gasteiger partial charge in [0.1, 0.15) is 12.0 Å². The largest absolute Gasteiger partial charge is 0.395 e. The summed E-state index contributed by atoms with van der Waals surface area (Å²) in [7, 11) is 0. The average molecular weight is 301 g/mol. The maximum atomic E-state index is 10.7. The molecule has 8 heteroatoms. The summed E-state index contributed by atoms with van der Waals surface area (Å²) in [6.07, 6.45) is 3.37. The van der Waals surface area contributed by atoms with Crippen LogP contribution in [0.25, 0.3) is 0 Å². The van der Waals surface area contributed by atoms with Crippen LogP contribution < -0.4 is 10.2 Å². The molecule has 1 aromatic rings. The first kappa shape index (κ1) is 15.0. The van der Waals surface area contributed by atoms with Crippen molar-refractivity contribution in [2.24, 2.45) is 0 Å². The Bertz CT molecular complexity index is 480. The van der Waals surface area contributed by atoms with Gasteiger partial charge < -0.3 is 15.3 Å². The van der Waals surface area contributed by atoms with E-state index in [2.05, 4.69) is 10.3 Å². The van der Waals surface area contributed by atoms with Crippen molar-refractivity contribution in [1.29, 1.82) is 0 Å². The van der Waals surface area contributed by atoms with Crippen LogP contribution in [0.4, 0.5) is 11.5 Å². The van der Waals surface area contributed by atoms with E-state index in [0.717, 1.165) is 19.4 Å². The summed E-state index contributed by atoms with van der Waals surface area (Å²) in [5.74, 6) is 0.472. The van der Waals surface area contributed by atoms with Crippen molar-refractivity contribution in [1.82, 2.24) is 10.3 Å². The topological polar surface area (TPSA) is 91.5 Å². The van der Waals surface area contributed by atoms with E-state index < -0.39 is 4.92 Å². The Labute approximate surface area is 121 Å². The second-order valence-corrected chi connectivity index (χ2v) is 5.13. The summed E-state index contributed by atoms with van der Waals surface area (Å²) in [6.45, 7) is 2.02. The molecule has 0 bridgehead atoms. The first-order valence-electron chi connectivity index (χ1n) is 6.51. The molecular formula is C12H17ClN4O3. The molecule has 0 spiro atoms. The highest BCUT2D eigenvalue weighted by molar-refractivity contribution is 6.33. The van der Waals surface area contributed by atoms with Crippen LogP contribution in [0, 0.1) is 10.1 Å². The van der Waals surface area contributed by atoms with E-state index in [1.807, 2.05) is 4.90 Å². The van der Waals surface area contributed by atoms with Gasteiger partial charge in [0.2, 0.25) is 0 Å².